The number of benzene rings is 2. The van der Waals surface area contributed by atoms with Crippen LogP contribution < -0.4 is 4.74 Å². The summed E-state index contributed by atoms with van der Waals surface area (Å²) in [4.78, 5) is 3.17. The zero-order valence-corrected chi connectivity index (χ0v) is 13.2. The lowest BCUT2D eigenvalue weighted by Gasteiger charge is -2.09. The van der Waals surface area contributed by atoms with Gasteiger partial charge in [0.15, 0.2) is 4.77 Å². The molecule has 21 heavy (non-hydrogen) atoms. The first-order chi connectivity index (χ1) is 10.2. The van der Waals surface area contributed by atoms with E-state index in [-0.39, 0.29) is 0 Å². The lowest BCUT2D eigenvalue weighted by molar-refractivity contribution is 0.408. The van der Waals surface area contributed by atoms with Gasteiger partial charge in [-0.2, -0.15) is 0 Å². The molecular formula is C16H15ClN2OS. The first kappa shape index (κ1) is 14.2. The van der Waals surface area contributed by atoms with E-state index in [4.69, 9.17) is 28.6 Å². The van der Waals surface area contributed by atoms with Gasteiger partial charge < -0.3 is 14.3 Å². The van der Waals surface area contributed by atoms with Crippen molar-refractivity contribution in [3.8, 4) is 5.75 Å². The summed E-state index contributed by atoms with van der Waals surface area (Å²) in [5.74, 6) is 0.905. The van der Waals surface area contributed by atoms with E-state index >= 15 is 0 Å². The van der Waals surface area contributed by atoms with E-state index in [1.54, 1.807) is 7.11 Å². The van der Waals surface area contributed by atoms with E-state index in [9.17, 15) is 0 Å². The number of hydrogen-bond acceptors (Lipinski definition) is 2. The van der Waals surface area contributed by atoms with Gasteiger partial charge in [-0.15, -0.1) is 0 Å². The van der Waals surface area contributed by atoms with E-state index in [2.05, 4.69) is 15.6 Å². The Morgan fingerprint density at radius 1 is 1.19 bits per heavy atom. The number of H-pyrrole nitrogens is 1. The van der Waals surface area contributed by atoms with Crippen molar-refractivity contribution in [2.75, 3.05) is 7.11 Å². The molecule has 0 unspecified atom stereocenters. The molecule has 0 aliphatic rings. The number of imidazole rings is 1. The third-order valence-corrected chi connectivity index (χ3v) is 4.19. The monoisotopic (exact) mass is 318 g/mol. The Bertz CT molecular complexity index is 838. The Morgan fingerprint density at radius 2 is 2.00 bits per heavy atom. The second-order valence-corrected chi connectivity index (χ2v) is 5.57. The van der Waals surface area contributed by atoms with Gasteiger partial charge in [0.1, 0.15) is 5.75 Å². The number of aromatic amines is 1. The van der Waals surface area contributed by atoms with Crippen LogP contribution in [0.1, 0.15) is 5.56 Å². The average molecular weight is 319 g/mol. The van der Waals surface area contributed by atoms with E-state index in [1.165, 1.54) is 5.56 Å². The molecule has 3 nitrogen and oxygen atoms in total. The van der Waals surface area contributed by atoms with Gasteiger partial charge in [-0.3, -0.25) is 0 Å². The fraction of sp³-hybridized carbons (Fsp3) is 0.188. The van der Waals surface area contributed by atoms with Gasteiger partial charge in [0.2, 0.25) is 0 Å². The molecule has 0 bridgehead atoms. The molecule has 1 N–H and O–H groups in total. The number of ether oxygens (including phenoxy) is 1. The van der Waals surface area contributed by atoms with E-state index < -0.39 is 0 Å². The van der Waals surface area contributed by atoms with Crippen molar-refractivity contribution in [1.29, 1.82) is 0 Å². The topological polar surface area (TPSA) is 29.9 Å². The molecule has 0 aliphatic heterocycles. The highest BCUT2D eigenvalue weighted by Crippen LogP contribution is 2.24. The SMILES string of the molecule is COc1ccccc1CCn1c(=S)[nH]c2c(Cl)cccc21. The first-order valence-electron chi connectivity index (χ1n) is 6.69. The predicted octanol–water partition coefficient (Wildman–Crippen LogP) is 4.60. The van der Waals surface area contributed by atoms with E-state index in [0.29, 0.717) is 9.79 Å². The summed E-state index contributed by atoms with van der Waals surface area (Å²) in [6, 6.07) is 13.9. The Morgan fingerprint density at radius 3 is 2.81 bits per heavy atom. The van der Waals surface area contributed by atoms with Crippen LogP contribution >= 0.6 is 23.8 Å². The van der Waals surface area contributed by atoms with Crippen LogP contribution in [0.15, 0.2) is 42.5 Å². The zero-order valence-electron chi connectivity index (χ0n) is 11.6. The fourth-order valence-corrected chi connectivity index (χ4v) is 3.02. The van der Waals surface area contributed by atoms with E-state index in [1.807, 2.05) is 36.4 Å². The molecule has 0 saturated carbocycles. The summed E-state index contributed by atoms with van der Waals surface area (Å²) in [6.07, 6.45) is 0.845. The number of fused-ring (bicyclic) bond motifs is 1. The molecule has 3 rings (SSSR count). The largest absolute Gasteiger partial charge is 0.496 e. The second kappa shape index (κ2) is 5.92. The van der Waals surface area contributed by atoms with Gasteiger partial charge in [-0.1, -0.05) is 35.9 Å². The Hall–Kier alpha value is -1.78. The molecule has 1 aromatic heterocycles. The smallest absolute Gasteiger partial charge is 0.178 e. The number of hydrogen-bond donors (Lipinski definition) is 1. The molecule has 0 fully saturated rings. The van der Waals surface area contributed by atoms with Gasteiger partial charge in [-0.05, 0) is 42.4 Å². The molecule has 1 heterocycles. The summed E-state index contributed by atoms with van der Waals surface area (Å²) < 4.78 is 8.15. The lowest BCUT2D eigenvalue weighted by Crippen LogP contribution is -2.02. The van der Waals surface area contributed by atoms with Crippen LogP contribution in [0.5, 0.6) is 5.75 Å². The number of para-hydroxylation sites is 2. The summed E-state index contributed by atoms with van der Waals surface area (Å²) in [5.41, 5.74) is 3.09. The van der Waals surface area contributed by atoms with Gasteiger partial charge in [-0.25, -0.2) is 0 Å². The lowest BCUT2D eigenvalue weighted by atomic mass is 10.1. The molecule has 0 saturated heterocycles. The zero-order chi connectivity index (χ0) is 14.8. The van der Waals surface area contributed by atoms with Gasteiger partial charge >= 0.3 is 0 Å². The molecule has 5 heteroatoms. The number of aryl methyl sites for hydroxylation is 2. The molecule has 0 atom stereocenters. The maximum Gasteiger partial charge on any atom is 0.178 e. The molecule has 108 valence electrons. The van der Waals surface area contributed by atoms with Crippen LogP contribution in [0.3, 0.4) is 0 Å². The third-order valence-electron chi connectivity index (χ3n) is 3.56. The molecule has 0 aliphatic carbocycles. The van der Waals surface area contributed by atoms with Gasteiger partial charge in [0.25, 0.3) is 0 Å². The highest BCUT2D eigenvalue weighted by atomic mass is 35.5. The molecular weight excluding hydrogens is 304 g/mol. The Balaban J connectivity index is 1.94. The normalized spacial score (nSPS) is 11.0. The molecule has 3 aromatic rings. The summed E-state index contributed by atoms with van der Waals surface area (Å²) >= 11 is 11.6. The number of methoxy groups -OCH3 is 1. The maximum atomic E-state index is 6.20. The number of nitrogens with one attached hydrogen (secondary N) is 1. The van der Waals surface area contributed by atoms with Gasteiger partial charge in [0, 0.05) is 6.54 Å². The summed E-state index contributed by atoms with van der Waals surface area (Å²) in [7, 11) is 1.69. The second-order valence-electron chi connectivity index (χ2n) is 4.78. The minimum atomic E-state index is 0.688. The van der Waals surface area contributed by atoms with Gasteiger partial charge in [0.05, 0.1) is 23.2 Å². The Labute approximate surface area is 133 Å². The summed E-state index contributed by atoms with van der Waals surface area (Å²) in [6.45, 7) is 0.777. The minimum absolute atomic E-state index is 0.688. The van der Waals surface area contributed by atoms with Crippen LogP contribution in [-0.4, -0.2) is 16.7 Å². The maximum absolute atomic E-state index is 6.20. The van der Waals surface area contributed by atoms with Crippen LogP contribution in [0.4, 0.5) is 0 Å². The van der Waals surface area contributed by atoms with Crippen molar-refractivity contribution in [2.24, 2.45) is 0 Å². The highest BCUT2D eigenvalue weighted by Gasteiger charge is 2.08. The molecule has 0 spiro atoms. The number of halogens is 1. The van der Waals surface area contributed by atoms with Crippen molar-refractivity contribution >= 4 is 34.9 Å². The first-order valence-corrected chi connectivity index (χ1v) is 7.48. The third kappa shape index (κ3) is 2.69. The number of nitrogens with zero attached hydrogens (tertiary/aromatic N) is 1. The van der Waals surface area contributed by atoms with Crippen molar-refractivity contribution in [2.45, 2.75) is 13.0 Å². The Kier molecular flexibility index (Phi) is 3.99. The standard InChI is InChI=1S/C16H15ClN2OS/c1-20-14-8-3-2-5-11(14)9-10-19-13-7-4-6-12(17)15(13)18-16(19)21/h2-8H,9-10H2,1H3,(H,18,21). The summed E-state index contributed by atoms with van der Waals surface area (Å²) in [5, 5.41) is 0.689. The van der Waals surface area contributed by atoms with Crippen LogP contribution in [-0.2, 0) is 13.0 Å². The van der Waals surface area contributed by atoms with Crippen LogP contribution in [0.2, 0.25) is 5.02 Å². The number of rotatable bonds is 4. The number of aromatic nitrogens is 2. The average Bonchev–Trinajstić information content (AvgIpc) is 2.83. The molecule has 2 aromatic carbocycles. The van der Waals surface area contributed by atoms with Crippen molar-refractivity contribution in [3.63, 3.8) is 0 Å². The van der Waals surface area contributed by atoms with Crippen molar-refractivity contribution in [3.05, 3.63) is 57.8 Å². The van der Waals surface area contributed by atoms with Crippen molar-refractivity contribution in [1.82, 2.24) is 9.55 Å². The van der Waals surface area contributed by atoms with Crippen LogP contribution in [0, 0.1) is 4.77 Å². The minimum Gasteiger partial charge on any atom is -0.496 e. The highest BCUT2D eigenvalue weighted by molar-refractivity contribution is 7.71. The van der Waals surface area contributed by atoms with Crippen LogP contribution in [0.25, 0.3) is 11.0 Å². The van der Waals surface area contributed by atoms with E-state index in [0.717, 1.165) is 29.7 Å². The fourth-order valence-electron chi connectivity index (χ4n) is 2.51. The molecule has 0 radical (unpaired) electrons. The molecule has 0 amide bonds. The quantitative estimate of drug-likeness (QED) is 0.712. The van der Waals surface area contributed by atoms with Crippen molar-refractivity contribution < 1.29 is 4.74 Å². The predicted molar refractivity (Wildman–Crippen MR) is 88.8 cm³/mol.